The molecule has 0 bridgehead atoms. The predicted octanol–water partition coefficient (Wildman–Crippen LogP) is 6.20. The highest BCUT2D eigenvalue weighted by molar-refractivity contribution is 7.90. The van der Waals surface area contributed by atoms with E-state index >= 15 is 0 Å². The van der Waals surface area contributed by atoms with Crippen LogP contribution in [0.1, 0.15) is 35.7 Å². The van der Waals surface area contributed by atoms with Crippen molar-refractivity contribution in [3.8, 4) is 11.5 Å². The lowest BCUT2D eigenvalue weighted by atomic mass is 10.1. The summed E-state index contributed by atoms with van der Waals surface area (Å²) < 4.78 is 31.0. The molecule has 0 aliphatic carbocycles. The third kappa shape index (κ3) is 6.96. The van der Waals surface area contributed by atoms with E-state index in [0.29, 0.717) is 29.4 Å². The number of ether oxygens (including phenoxy) is 1. The van der Waals surface area contributed by atoms with Gasteiger partial charge in [-0.05, 0) is 54.8 Å². The number of halogens is 1. The molecule has 3 aromatic rings. The summed E-state index contributed by atoms with van der Waals surface area (Å²) in [5.41, 5.74) is 1.23. The number of para-hydroxylation sites is 1. The molecule has 0 radical (unpaired) electrons. The summed E-state index contributed by atoms with van der Waals surface area (Å²) in [6.07, 6.45) is 2.28. The molecule has 180 valence electrons. The third-order valence-corrected chi connectivity index (χ3v) is 6.80. The maximum absolute atomic E-state index is 13.5. The van der Waals surface area contributed by atoms with Crippen molar-refractivity contribution < 1.29 is 18.8 Å². The molecule has 1 unspecified atom stereocenters. The van der Waals surface area contributed by atoms with Crippen LogP contribution in [0.2, 0.25) is 5.02 Å². The first-order valence-corrected chi connectivity index (χ1v) is 12.9. The van der Waals surface area contributed by atoms with Crippen LogP contribution in [0, 0.1) is 4.78 Å². The third-order valence-electron chi connectivity index (χ3n) is 5.03. The molecule has 3 rings (SSSR count). The van der Waals surface area contributed by atoms with Crippen LogP contribution in [0.3, 0.4) is 0 Å². The molecule has 7 nitrogen and oxygen atoms in total. The maximum Gasteiger partial charge on any atom is 0.335 e. The van der Waals surface area contributed by atoms with Crippen LogP contribution < -0.4 is 14.8 Å². The number of aromatic carboxylic acids is 1. The maximum atomic E-state index is 13.5. The first-order valence-electron chi connectivity index (χ1n) is 11.0. The van der Waals surface area contributed by atoms with Gasteiger partial charge in [-0.2, -0.15) is 0 Å². The number of rotatable bonds is 12. The monoisotopic (exact) mass is 501 g/mol. The van der Waals surface area contributed by atoms with E-state index in [9.17, 15) is 14.1 Å². The van der Waals surface area contributed by atoms with Gasteiger partial charge in [-0.15, -0.1) is 0 Å². The molecule has 34 heavy (non-hydrogen) atoms. The smallest absolute Gasteiger partial charge is 0.335 e. The van der Waals surface area contributed by atoms with Gasteiger partial charge in [0.2, 0.25) is 0 Å². The van der Waals surface area contributed by atoms with Gasteiger partial charge >= 0.3 is 5.97 Å². The zero-order chi connectivity index (χ0) is 24.6. The Bertz CT molecular complexity index is 1230. The molecule has 0 saturated heterocycles. The molecule has 0 fully saturated rings. The van der Waals surface area contributed by atoms with E-state index in [4.69, 9.17) is 21.1 Å². The van der Waals surface area contributed by atoms with Gasteiger partial charge in [-0.25, -0.2) is 18.5 Å². The number of hydrogen-bond donors (Lipinski definition) is 4. The molecule has 0 aliphatic heterocycles. The summed E-state index contributed by atoms with van der Waals surface area (Å²) in [5, 5.41) is 13.4. The summed E-state index contributed by atoms with van der Waals surface area (Å²) in [6.45, 7) is 2.84. The Balaban J connectivity index is 1.98. The van der Waals surface area contributed by atoms with E-state index in [-0.39, 0.29) is 22.8 Å². The fraction of sp³-hybridized carbons (Fsp3) is 0.240. The van der Waals surface area contributed by atoms with E-state index in [1.807, 2.05) is 25.1 Å². The number of benzene rings is 3. The van der Waals surface area contributed by atoms with Crippen LogP contribution in [0.4, 0.5) is 5.69 Å². The Hall–Kier alpha value is -3.07. The molecular formula is C25H28ClN3O4S. The minimum atomic E-state index is -3.61. The molecular weight excluding hydrogens is 474 g/mol. The summed E-state index contributed by atoms with van der Waals surface area (Å²) in [4.78, 5) is 11.8. The molecule has 3 aromatic carbocycles. The van der Waals surface area contributed by atoms with E-state index in [1.165, 1.54) is 12.1 Å². The van der Waals surface area contributed by atoms with Crippen molar-refractivity contribution in [3.63, 3.8) is 0 Å². The SMILES string of the molecule is CCCCNc1cc(C(=O)O)cc(S(=N)(=O)NCCc2cccc(Cl)c2)c1Oc1ccccc1. The largest absolute Gasteiger partial charge is 0.478 e. The fourth-order valence-corrected chi connectivity index (χ4v) is 4.75. The lowest BCUT2D eigenvalue weighted by Crippen LogP contribution is -2.26. The van der Waals surface area contributed by atoms with E-state index in [0.717, 1.165) is 18.4 Å². The van der Waals surface area contributed by atoms with Crippen LogP contribution >= 0.6 is 11.6 Å². The van der Waals surface area contributed by atoms with Crippen molar-refractivity contribution in [2.24, 2.45) is 0 Å². The van der Waals surface area contributed by atoms with Gasteiger partial charge in [-0.1, -0.05) is 55.3 Å². The topological polar surface area (TPSA) is 112 Å². The molecule has 4 N–H and O–H groups in total. The number of unbranched alkanes of at least 4 members (excludes halogenated alkanes) is 1. The number of anilines is 1. The number of nitrogens with one attached hydrogen (secondary N) is 3. The highest BCUT2D eigenvalue weighted by Crippen LogP contribution is 2.38. The summed E-state index contributed by atoms with van der Waals surface area (Å²) in [7, 11) is -3.61. The van der Waals surface area contributed by atoms with Crippen LogP contribution in [0.5, 0.6) is 11.5 Å². The van der Waals surface area contributed by atoms with Crippen molar-refractivity contribution in [2.75, 3.05) is 18.4 Å². The average Bonchev–Trinajstić information content (AvgIpc) is 2.80. The molecule has 0 aromatic heterocycles. The Labute approximate surface area is 205 Å². The first-order chi connectivity index (χ1) is 16.3. The molecule has 0 heterocycles. The van der Waals surface area contributed by atoms with Gasteiger partial charge in [0.1, 0.15) is 20.6 Å². The summed E-state index contributed by atoms with van der Waals surface area (Å²) >= 11 is 6.03. The minimum Gasteiger partial charge on any atom is -0.478 e. The first kappa shape index (κ1) is 25.6. The van der Waals surface area contributed by atoms with E-state index in [1.54, 1.807) is 36.4 Å². The Morgan fingerprint density at radius 2 is 1.85 bits per heavy atom. The van der Waals surface area contributed by atoms with Crippen LogP contribution in [-0.2, 0) is 16.3 Å². The Kier molecular flexibility index (Phi) is 8.92. The van der Waals surface area contributed by atoms with Crippen LogP contribution in [0.15, 0.2) is 71.6 Å². The van der Waals surface area contributed by atoms with Gasteiger partial charge in [0.05, 0.1) is 11.3 Å². The van der Waals surface area contributed by atoms with Crippen molar-refractivity contribution in [1.29, 1.82) is 4.78 Å². The van der Waals surface area contributed by atoms with Crippen molar-refractivity contribution in [2.45, 2.75) is 31.1 Å². The fourth-order valence-electron chi connectivity index (χ4n) is 3.29. The standard InChI is InChI=1S/C25H28ClN3O4S/c1-2-3-13-28-22-16-19(25(30)31)17-23(24(22)33-21-10-5-4-6-11-21)34(27,32)29-14-12-18-8-7-9-20(26)15-18/h4-11,15-17,28H,2-3,12-14H2,1H3,(H,30,31)(H2,27,29,32). The lowest BCUT2D eigenvalue weighted by molar-refractivity contribution is 0.0696. The average molecular weight is 502 g/mol. The zero-order valence-corrected chi connectivity index (χ0v) is 20.4. The number of carboxylic acid groups (broad SMARTS) is 1. The lowest BCUT2D eigenvalue weighted by Gasteiger charge is -2.20. The van der Waals surface area contributed by atoms with E-state index < -0.39 is 15.9 Å². The summed E-state index contributed by atoms with van der Waals surface area (Å²) in [6, 6.07) is 18.9. The molecule has 9 heteroatoms. The van der Waals surface area contributed by atoms with Crippen LogP contribution in [-0.4, -0.2) is 28.4 Å². The second kappa shape index (κ2) is 11.9. The highest BCUT2D eigenvalue weighted by atomic mass is 35.5. The Morgan fingerprint density at radius 3 is 2.53 bits per heavy atom. The highest BCUT2D eigenvalue weighted by Gasteiger charge is 2.23. The second-order valence-electron chi connectivity index (χ2n) is 7.68. The van der Waals surface area contributed by atoms with Gasteiger partial charge < -0.3 is 15.2 Å². The van der Waals surface area contributed by atoms with Crippen molar-refractivity contribution in [1.82, 2.24) is 4.72 Å². The van der Waals surface area contributed by atoms with Crippen molar-refractivity contribution >= 4 is 33.2 Å². The molecule has 0 amide bonds. The second-order valence-corrected chi connectivity index (χ2v) is 9.96. The molecule has 0 aliphatic rings. The normalized spacial score (nSPS) is 12.6. The van der Waals surface area contributed by atoms with Gasteiger partial charge in [0, 0.05) is 18.1 Å². The summed E-state index contributed by atoms with van der Waals surface area (Å²) in [5.74, 6) is -0.526. The van der Waals surface area contributed by atoms with Gasteiger partial charge in [-0.3, -0.25) is 0 Å². The van der Waals surface area contributed by atoms with Gasteiger partial charge in [0.15, 0.2) is 5.75 Å². The zero-order valence-electron chi connectivity index (χ0n) is 18.8. The molecule has 1 atom stereocenters. The Morgan fingerprint density at radius 1 is 1.09 bits per heavy atom. The van der Waals surface area contributed by atoms with Crippen LogP contribution in [0.25, 0.3) is 0 Å². The number of hydrogen-bond acceptors (Lipinski definition) is 5. The number of carboxylic acids is 1. The minimum absolute atomic E-state index is 0.0265. The van der Waals surface area contributed by atoms with E-state index in [2.05, 4.69) is 10.0 Å². The quantitative estimate of drug-likeness (QED) is 0.221. The predicted molar refractivity (Wildman–Crippen MR) is 136 cm³/mol. The van der Waals surface area contributed by atoms with Gasteiger partial charge in [0.25, 0.3) is 0 Å². The molecule has 0 saturated carbocycles. The van der Waals surface area contributed by atoms with Crippen molar-refractivity contribution in [3.05, 3.63) is 82.9 Å². The molecule has 0 spiro atoms. The number of carbonyl (C=O) groups is 1.